The van der Waals surface area contributed by atoms with Gasteiger partial charge in [0.15, 0.2) is 6.54 Å². The van der Waals surface area contributed by atoms with Crippen molar-refractivity contribution in [2.24, 2.45) is 0 Å². The van der Waals surface area contributed by atoms with Crippen molar-refractivity contribution in [2.75, 3.05) is 27.2 Å². The second-order valence-electron chi connectivity index (χ2n) is 3.36. The molecule has 0 atom stereocenters. The van der Waals surface area contributed by atoms with E-state index in [2.05, 4.69) is 6.58 Å². The van der Waals surface area contributed by atoms with Crippen LogP contribution in [0.3, 0.4) is 0 Å². The van der Waals surface area contributed by atoms with E-state index >= 15 is 0 Å². The van der Waals surface area contributed by atoms with Crippen molar-refractivity contribution < 1.29 is 14.4 Å². The lowest BCUT2D eigenvalue weighted by Gasteiger charge is -2.26. The molecule has 0 spiro atoms. The lowest BCUT2D eigenvalue weighted by atomic mass is 10.3. The minimum absolute atomic E-state index is 0.000694. The molecule has 0 amide bonds. The summed E-state index contributed by atoms with van der Waals surface area (Å²) in [6.07, 6.45) is 0. The Morgan fingerprint density at radius 2 is 2.08 bits per heavy atom. The molecule has 0 saturated carbocycles. The lowest BCUT2D eigenvalue weighted by molar-refractivity contribution is -0.877. The van der Waals surface area contributed by atoms with Crippen LogP contribution in [-0.2, 0) is 4.79 Å². The Balaban J connectivity index is 4.14. The van der Waals surface area contributed by atoms with E-state index in [4.69, 9.17) is 10.4 Å². The Hall–Kier alpha value is -1.34. The van der Waals surface area contributed by atoms with Crippen molar-refractivity contribution in [1.29, 1.82) is 5.26 Å². The van der Waals surface area contributed by atoms with E-state index < -0.39 is 5.97 Å². The fraction of sp³-hybridized carbons (Fsp3) is 0.500. The zero-order valence-corrected chi connectivity index (χ0v) is 7.37. The van der Waals surface area contributed by atoms with Crippen molar-refractivity contribution in [3.05, 3.63) is 12.2 Å². The molecule has 0 unspecified atom stereocenters. The Labute approximate surface area is 71.9 Å². The van der Waals surface area contributed by atoms with Crippen LogP contribution in [0.2, 0.25) is 0 Å². The summed E-state index contributed by atoms with van der Waals surface area (Å²) in [6, 6.07) is 1.89. The Morgan fingerprint density at radius 1 is 1.58 bits per heavy atom. The Morgan fingerprint density at radius 3 is 2.42 bits per heavy atom. The van der Waals surface area contributed by atoms with Gasteiger partial charge in [-0.2, -0.15) is 5.26 Å². The first-order valence-electron chi connectivity index (χ1n) is 3.49. The molecule has 0 saturated heterocycles. The molecule has 0 aromatic rings. The summed E-state index contributed by atoms with van der Waals surface area (Å²) >= 11 is 0. The number of carboxylic acid groups (broad SMARTS) is 1. The zero-order valence-electron chi connectivity index (χ0n) is 7.37. The fourth-order valence-electron chi connectivity index (χ4n) is 0.974. The minimum Gasteiger partial charge on any atom is -0.477 e. The molecule has 0 rings (SSSR count). The summed E-state index contributed by atoms with van der Waals surface area (Å²) in [5.74, 6) is -0.870. The molecule has 0 aliphatic rings. The van der Waals surface area contributed by atoms with Gasteiger partial charge in [0.2, 0.25) is 0 Å². The average molecular weight is 169 g/mol. The van der Waals surface area contributed by atoms with Crippen LogP contribution in [0.25, 0.3) is 0 Å². The lowest BCUT2D eigenvalue weighted by Crippen LogP contribution is -2.44. The number of hydrogen-bond acceptors (Lipinski definition) is 2. The van der Waals surface area contributed by atoms with Crippen LogP contribution in [0, 0.1) is 11.3 Å². The Kier molecular flexibility index (Phi) is 3.45. The number of aliphatic carboxylic acids is 1. The van der Waals surface area contributed by atoms with Gasteiger partial charge in [-0.1, -0.05) is 6.58 Å². The normalized spacial score (nSPS) is 10.4. The highest BCUT2D eigenvalue weighted by Crippen LogP contribution is 2.01. The van der Waals surface area contributed by atoms with E-state index in [0.29, 0.717) is 12.1 Å². The van der Waals surface area contributed by atoms with Crippen molar-refractivity contribution in [2.45, 2.75) is 0 Å². The molecule has 0 radical (unpaired) electrons. The van der Waals surface area contributed by atoms with Crippen molar-refractivity contribution in [3.63, 3.8) is 0 Å². The second-order valence-corrected chi connectivity index (χ2v) is 3.36. The molecule has 0 aromatic carbocycles. The highest BCUT2D eigenvalue weighted by atomic mass is 16.4. The number of carboxylic acids is 1. The predicted molar refractivity (Wildman–Crippen MR) is 44.2 cm³/mol. The maximum Gasteiger partial charge on any atom is 0.359 e. The third kappa shape index (κ3) is 4.47. The van der Waals surface area contributed by atoms with Crippen LogP contribution in [0.15, 0.2) is 12.2 Å². The number of likely N-dealkylation sites (N-methyl/N-ethyl adjacent to an activating group) is 1. The molecule has 12 heavy (non-hydrogen) atoms. The molecule has 4 heteroatoms. The molecular formula is C8H13N2O2+. The summed E-state index contributed by atoms with van der Waals surface area (Å²) < 4.78 is 0.252. The fourth-order valence-corrected chi connectivity index (χ4v) is 0.974. The number of nitriles is 1. The molecule has 1 N–H and O–H groups in total. The van der Waals surface area contributed by atoms with Crippen LogP contribution >= 0.6 is 0 Å². The van der Waals surface area contributed by atoms with Gasteiger partial charge in [-0.3, -0.25) is 0 Å². The van der Waals surface area contributed by atoms with Crippen LogP contribution in [0.4, 0.5) is 0 Å². The number of hydrogen-bond donors (Lipinski definition) is 1. The third-order valence-electron chi connectivity index (χ3n) is 1.34. The average Bonchev–Trinajstić information content (AvgIpc) is 1.83. The smallest absolute Gasteiger partial charge is 0.359 e. The van der Waals surface area contributed by atoms with Gasteiger partial charge >= 0.3 is 5.97 Å². The van der Waals surface area contributed by atoms with Crippen LogP contribution in [0.5, 0.6) is 0 Å². The SMILES string of the molecule is C=C(C#N)C[N+](C)(C)CC(=O)O. The summed E-state index contributed by atoms with van der Waals surface area (Å²) in [5, 5.41) is 16.9. The largest absolute Gasteiger partial charge is 0.477 e. The molecular weight excluding hydrogens is 156 g/mol. The van der Waals surface area contributed by atoms with Gasteiger partial charge in [-0.15, -0.1) is 0 Å². The van der Waals surface area contributed by atoms with E-state index in [-0.39, 0.29) is 11.0 Å². The number of quaternary nitrogens is 1. The maximum atomic E-state index is 10.4. The quantitative estimate of drug-likeness (QED) is 0.484. The van der Waals surface area contributed by atoms with Gasteiger partial charge in [0.05, 0.1) is 25.7 Å². The number of carbonyl (C=O) groups is 1. The highest BCUT2D eigenvalue weighted by molar-refractivity contribution is 5.67. The monoisotopic (exact) mass is 169 g/mol. The molecule has 0 aliphatic heterocycles. The van der Waals surface area contributed by atoms with Crippen LogP contribution < -0.4 is 0 Å². The van der Waals surface area contributed by atoms with E-state index in [0.717, 1.165) is 0 Å². The highest BCUT2D eigenvalue weighted by Gasteiger charge is 2.20. The number of nitrogens with zero attached hydrogens (tertiary/aromatic N) is 2. The molecule has 4 nitrogen and oxygen atoms in total. The Bertz CT molecular complexity index is 238. The van der Waals surface area contributed by atoms with Gasteiger partial charge in [0, 0.05) is 0 Å². The van der Waals surface area contributed by atoms with Gasteiger partial charge in [-0.25, -0.2) is 4.79 Å². The molecule has 0 aromatic heterocycles. The van der Waals surface area contributed by atoms with E-state index in [9.17, 15) is 4.79 Å². The molecule has 0 bridgehead atoms. The summed E-state index contributed by atoms with van der Waals surface area (Å²) in [5.41, 5.74) is 0.404. The van der Waals surface area contributed by atoms with Gasteiger partial charge < -0.3 is 9.59 Å². The van der Waals surface area contributed by atoms with Gasteiger partial charge in [0.25, 0.3) is 0 Å². The molecule has 66 valence electrons. The third-order valence-corrected chi connectivity index (χ3v) is 1.34. The predicted octanol–water partition coefficient (Wildman–Crippen LogP) is 0.227. The van der Waals surface area contributed by atoms with Crippen molar-refractivity contribution in [1.82, 2.24) is 0 Å². The molecule has 0 fully saturated rings. The molecule has 0 aliphatic carbocycles. The topological polar surface area (TPSA) is 61.1 Å². The standard InChI is InChI=1S/C8H12N2O2/c1-7(4-9)5-10(2,3)6-8(11)12/h1,5-6H2,2-3H3/p+1. The van der Waals surface area contributed by atoms with E-state index in [1.807, 2.05) is 6.07 Å². The van der Waals surface area contributed by atoms with Crippen LogP contribution in [0.1, 0.15) is 0 Å². The summed E-state index contributed by atoms with van der Waals surface area (Å²) in [4.78, 5) is 10.4. The van der Waals surface area contributed by atoms with Crippen molar-refractivity contribution >= 4 is 5.97 Å². The van der Waals surface area contributed by atoms with Gasteiger partial charge in [0.1, 0.15) is 6.54 Å². The van der Waals surface area contributed by atoms with E-state index in [1.165, 1.54) is 0 Å². The molecule has 0 heterocycles. The zero-order chi connectivity index (χ0) is 9.78. The number of rotatable bonds is 4. The summed E-state index contributed by atoms with van der Waals surface area (Å²) in [6.45, 7) is 3.87. The van der Waals surface area contributed by atoms with Crippen molar-refractivity contribution in [3.8, 4) is 6.07 Å². The second kappa shape index (κ2) is 3.88. The first kappa shape index (κ1) is 10.7. The first-order chi connectivity index (χ1) is 5.37. The first-order valence-corrected chi connectivity index (χ1v) is 3.49. The van der Waals surface area contributed by atoms with Crippen LogP contribution in [-0.4, -0.2) is 42.7 Å². The van der Waals surface area contributed by atoms with Gasteiger partial charge in [-0.05, 0) is 0 Å². The van der Waals surface area contributed by atoms with E-state index in [1.54, 1.807) is 14.1 Å². The maximum absolute atomic E-state index is 10.4. The summed E-state index contributed by atoms with van der Waals surface area (Å²) in [7, 11) is 3.49. The minimum atomic E-state index is -0.870.